The van der Waals surface area contributed by atoms with Gasteiger partial charge in [0.2, 0.25) is 11.8 Å². The van der Waals surface area contributed by atoms with E-state index in [0.29, 0.717) is 24.3 Å². The van der Waals surface area contributed by atoms with Crippen LogP contribution < -0.4 is 10.7 Å². The second-order valence-electron chi connectivity index (χ2n) is 7.92. The van der Waals surface area contributed by atoms with E-state index in [0.717, 1.165) is 13.0 Å². The molecule has 0 radical (unpaired) electrons. The number of halogens is 1. The van der Waals surface area contributed by atoms with Crippen LogP contribution in [0.3, 0.4) is 0 Å². The Kier molecular flexibility index (Phi) is 9.16. The fraction of sp³-hybridized carbons (Fsp3) is 0.458. The summed E-state index contributed by atoms with van der Waals surface area (Å²) in [5.74, 6) is -1.52. The topological polar surface area (TPSA) is 94.9 Å². The molecule has 0 saturated carbocycles. The third-order valence-electron chi connectivity index (χ3n) is 5.67. The van der Waals surface area contributed by atoms with Gasteiger partial charge in [-0.1, -0.05) is 26.0 Å². The Balaban J connectivity index is 0.00000187. The predicted molar refractivity (Wildman–Crippen MR) is 124 cm³/mol. The molecule has 0 aliphatic carbocycles. The number of carbonyl (C=O) groups is 2. The van der Waals surface area contributed by atoms with Gasteiger partial charge in [-0.25, -0.2) is 4.39 Å². The molecule has 2 heterocycles. The minimum atomic E-state index is -0.760. The summed E-state index contributed by atoms with van der Waals surface area (Å²) in [6.07, 6.45) is 1.95. The minimum Gasteiger partial charge on any atom is -0.503 e. The van der Waals surface area contributed by atoms with Crippen LogP contribution in [0.2, 0.25) is 0 Å². The van der Waals surface area contributed by atoms with Crippen molar-refractivity contribution in [1.82, 2.24) is 19.7 Å². The number of hydrogen-bond donors (Lipinski definition) is 2. The summed E-state index contributed by atoms with van der Waals surface area (Å²) in [5, 5.41) is 13.0. The number of pyridine rings is 1. The minimum absolute atomic E-state index is 0.107. The smallest absolute Gasteiger partial charge is 0.257 e. The number of aromatic hydroxyl groups is 1. The van der Waals surface area contributed by atoms with Gasteiger partial charge in [-0.05, 0) is 38.5 Å². The van der Waals surface area contributed by atoms with E-state index < -0.39 is 17.1 Å². The van der Waals surface area contributed by atoms with Gasteiger partial charge in [0, 0.05) is 31.9 Å². The SMILES string of the molecule is CC.Cc1c(O)c(=O)c(C(=O)NCc2ccc(F)cc2)cn1CC1N(C=O)CCN1C(C)C. The molecule has 9 heteroatoms. The summed E-state index contributed by atoms with van der Waals surface area (Å²) in [6, 6.07) is 5.84. The summed E-state index contributed by atoms with van der Waals surface area (Å²) in [5.41, 5.74) is 0.0369. The first-order valence-electron chi connectivity index (χ1n) is 11.1. The monoisotopic (exact) mass is 460 g/mol. The second-order valence-corrected chi connectivity index (χ2v) is 7.92. The summed E-state index contributed by atoms with van der Waals surface area (Å²) >= 11 is 0. The van der Waals surface area contributed by atoms with Crippen molar-refractivity contribution in [2.24, 2.45) is 0 Å². The highest BCUT2D eigenvalue weighted by atomic mass is 19.1. The highest BCUT2D eigenvalue weighted by molar-refractivity contribution is 5.94. The average molecular weight is 461 g/mol. The van der Waals surface area contributed by atoms with Crippen LogP contribution in [0.25, 0.3) is 0 Å². The normalized spacial score (nSPS) is 15.8. The summed E-state index contributed by atoms with van der Waals surface area (Å²) in [7, 11) is 0. The van der Waals surface area contributed by atoms with E-state index in [2.05, 4.69) is 10.2 Å². The number of nitrogens with one attached hydrogen (secondary N) is 1. The Morgan fingerprint density at radius 3 is 2.45 bits per heavy atom. The molecule has 1 saturated heterocycles. The maximum Gasteiger partial charge on any atom is 0.257 e. The highest BCUT2D eigenvalue weighted by Crippen LogP contribution is 2.20. The Morgan fingerprint density at radius 1 is 1.24 bits per heavy atom. The van der Waals surface area contributed by atoms with E-state index in [1.54, 1.807) is 16.4 Å². The van der Waals surface area contributed by atoms with Crippen LogP contribution in [-0.4, -0.2) is 57.1 Å². The lowest BCUT2D eigenvalue weighted by Gasteiger charge is -2.32. The van der Waals surface area contributed by atoms with E-state index in [9.17, 15) is 23.9 Å². The zero-order chi connectivity index (χ0) is 24.7. The lowest BCUT2D eigenvalue weighted by Crippen LogP contribution is -2.45. The van der Waals surface area contributed by atoms with Crippen molar-refractivity contribution in [2.75, 3.05) is 13.1 Å². The number of nitrogens with zero attached hydrogens (tertiary/aromatic N) is 3. The zero-order valence-electron chi connectivity index (χ0n) is 19.8. The molecule has 8 nitrogen and oxygen atoms in total. The Hall–Kier alpha value is -3.20. The number of benzene rings is 1. The molecule has 180 valence electrons. The number of rotatable bonds is 7. The molecular formula is C24H33FN4O4. The molecule has 1 aliphatic heterocycles. The van der Waals surface area contributed by atoms with Gasteiger partial charge < -0.3 is 19.9 Å². The van der Waals surface area contributed by atoms with Crippen LogP contribution >= 0.6 is 0 Å². The molecule has 2 N–H and O–H groups in total. The van der Waals surface area contributed by atoms with Gasteiger partial charge in [0.25, 0.3) is 5.91 Å². The van der Waals surface area contributed by atoms with Crippen LogP contribution in [0.15, 0.2) is 35.3 Å². The quantitative estimate of drug-likeness (QED) is 0.619. The molecule has 1 unspecified atom stereocenters. The largest absolute Gasteiger partial charge is 0.503 e. The lowest BCUT2D eigenvalue weighted by molar-refractivity contribution is -0.120. The first kappa shape index (κ1) is 26.1. The van der Waals surface area contributed by atoms with Crippen molar-refractivity contribution < 1.29 is 19.1 Å². The maximum absolute atomic E-state index is 13.0. The first-order valence-corrected chi connectivity index (χ1v) is 11.1. The molecule has 33 heavy (non-hydrogen) atoms. The molecule has 1 atom stereocenters. The van der Waals surface area contributed by atoms with E-state index in [-0.39, 0.29) is 30.1 Å². The van der Waals surface area contributed by atoms with Crippen molar-refractivity contribution in [3.63, 3.8) is 0 Å². The van der Waals surface area contributed by atoms with E-state index in [1.165, 1.54) is 30.5 Å². The molecule has 0 spiro atoms. The fourth-order valence-electron chi connectivity index (χ4n) is 3.80. The Bertz CT molecular complexity index is 1020. The average Bonchev–Trinajstić information content (AvgIpc) is 3.23. The van der Waals surface area contributed by atoms with Gasteiger partial charge >= 0.3 is 0 Å². The van der Waals surface area contributed by atoms with Gasteiger partial charge in [-0.15, -0.1) is 0 Å². The Labute approximate surface area is 193 Å². The first-order chi connectivity index (χ1) is 15.7. The van der Waals surface area contributed by atoms with Crippen molar-refractivity contribution in [3.8, 4) is 5.75 Å². The van der Waals surface area contributed by atoms with E-state index in [4.69, 9.17) is 0 Å². The third-order valence-corrected chi connectivity index (χ3v) is 5.67. The van der Waals surface area contributed by atoms with Gasteiger partial charge in [0.1, 0.15) is 17.5 Å². The van der Waals surface area contributed by atoms with Crippen molar-refractivity contribution in [1.29, 1.82) is 0 Å². The molecule has 2 amide bonds. The second kappa shape index (κ2) is 11.6. The molecular weight excluding hydrogens is 427 g/mol. The van der Waals surface area contributed by atoms with Gasteiger partial charge in [0.05, 0.1) is 12.2 Å². The molecule has 3 rings (SSSR count). The Morgan fingerprint density at radius 2 is 1.88 bits per heavy atom. The van der Waals surface area contributed by atoms with Crippen LogP contribution in [-0.2, 0) is 17.9 Å². The van der Waals surface area contributed by atoms with Gasteiger partial charge in [-0.2, -0.15) is 0 Å². The van der Waals surface area contributed by atoms with Crippen molar-refractivity contribution in [3.05, 3.63) is 63.3 Å². The van der Waals surface area contributed by atoms with Crippen LogP contribution in [0.4, 0.5) is 4.39 Å². The predicted octanol–water partition coefficient (Wildman–Crippen LogP) is 2.47. The summed E-state index contributed by atoms with van der Waals surface area (Å²) in [6.45, 7) is 11.4. The van der Waals surface area contributed by atoms with Crippen molar-refractivity contribution in [2.45, 2.75) is 59.9 Å². The molecule has 1 aromatic heterocycles. The number of hydrogen-bond acceptors (Lipinski definition) is 5. The summed E-state index contributed by atoms with van der Waals surface area (Å²) < 4.78 is 14.7. The molecule has 1 aromatic carbocycles. The zero-order valence-corrected chi connectivity index (χ0v) is 19.8. The van der Waals surface area contributed by atoms with E-state index in [1.807, 2.05) is 27.7 Å². The highest BCUT2D eigenvalue weighted by Gasteiger charge is 2.33. The molecule has 2 aromatic rings. The number of amides is 2. The fourth-order valence-corrected chi connectivity index (χ4v) is 3.80. The number of aromatic nitrogens is 1. The lowest BCUT2D eigenvalue weighted by atomic mass is 10.1. The van der Waals surface area contributed by atoms with Crippen LogP contribution in [0.5, 0.6) is 5.75 Å². The maximum atomic E-state index is 13.0. The third kappa shape index (κ3) is 5.98. The number of carbonyl (C=O) groups excluding carboxylic acids is 2. The molecule has 1 fully saturated rings. The van der Waals surface area contributed by atoms with Crippen LogP contribution in [0, 0.1) is 12.7 Å². The van der Waals surface area contributed by atoms with Gasteiger partial charge in [-0.3, -0.25) is 19.3 Å². The molecule has 0 bridgehead atoms. The van der Waals surface area contributed by atoms with Crippen molar-refractivity contribution >= 4 is 12.3 Å². The van der Waals surface area contributed by atoms with Gasteiger partial charge in [0.15, 0.2) is 5.75 Å². The van der Waals surface area contributed by atoms with Crippen LogP contribution in [0.1, 0.15) is 49.3 Å². The summed E-state index contributed by atoms with van der Waals surface area (Å²) in [4.78, 5) is 40.5. The molecule has 1 aliphatic rings. The van der Waals surface area contributed by atoms with E-state index >= 15 is 0 Å². The standard InChI is InChI=1S/C22H27FN4O4.C2H6/c1-14(2)27-9-8-25(13-28)19(27)12-26-11-18(21(30)20(29)15(26)3)22(31)24-10-16-4-6-17(23)7-5-16;1-2/h4-7,11,13-14,19,29H,8-10,12H2,1-3H3,(H,24,31);1-2H3.